The molecule has 0 aliphatic heterocycles. The van der Waals surface area contributed by atoms with Crippen LogP contribution in [0.2, 0.25) is 0 Å². The first-order valence-electron chi connectivity index (χ1n) is 5.42. The van der Waals surface area contributed by atoms with Crippen molar-refractivity contribution >= 4 is 11.7 Å². The van der Waals surface area contributed by atoms with E-state index in [0.717, 1.165) is 0 Å². The zero-order chi connectivity index (χ0) is 12.8. The summed E-state index contributed by atoms with van der Waals surface area (Å²) in [5.74, 6) is 0.307. The molecule has 1 aromatic rings. The van der Waals surface area contributed by atoms with Crippen LogP contribution in [0.25, 0.3) is 0 Å². The van der Waals surface area contributed by atoms with Crippen molar-refractivity contribution in [1.82, 2.24) is 5.32 Å². The van der Waals surface area contributed by atoms with E-state index in [1.807, 2.05) is 6.92 Å². The lowest BCUT2D eigenvalue weighted by atomic mass is 10.1. The van der Waals surface area contributed by atoms with Gasteiger partial charge in [0.2, 0.25) is 0 Å². The molecule has 0 saturated carbocycles. The van der Waals surface area contributed by atoms with Gasteiger partial charge in [-0.1, -0.05) is 19.0 Å². The SMILES string of the molecule is CCc1occc1C(=O)NCC(C)/C(N)=N/O. The first kappa shape index (κ1) is 13.1. The Kier molecular flexibility index (Phi) is 4.56. The number of nitrogens with two attached hydrogens (primary N) is 1. The van der Waals surface area contributed by atoms with Gasteiger partial charge < -0.3 is 20.7 Å². The molecule has 4 N–H and O–H groups in total. The van der Waals surface area contributed by atoms with Crippen LogP contribution in [0, 0.1) is 5.92 Å². The normalized spacial score (nSPS) is 13.4. The Labute approximate surface area is 99.5 Å². The highest BCUT2D eigenvalue weighted by atomic mass is 16.4. The molecule has 94 valence electrons. The van der Waals surface area contributed by atoms with Crippen LogP contribution in [-0.4, -0.2) is 23.5 Å². The highest BCUT2D eigenvalue weighted by Gasteiger charge is 2.15. The number of carbonyl (C=O) groups excluding carboxylic acids is 1. The summed E-state index contributed by atoms with van der Waals surface area (Å²) >= 11 is 0. The largest absolute Gasteiger partial charge is 0.469 e. The zero-order valence-corrected chi connectivity index (χ0v) is 9.93. The lowest BCUT2D eigenvalue weighted by Gasteiger charge is -2.10. The van der Waals surface area contributed by atoms with Gasteiger partial charge in [-0.15, -0.1) is 0 Å². The molecule has 0 radical (unpaired) electrons. The van der Waals surface area contributed by atoms with Gasteiger partial charge in [-0.2, -0.15) is 0 Å². The molecule has 0 saturated heterocycles. The number of amidine groups is 1. The second-order valence-corrected chi connectivity index (χ2v) is 3.75. The molecule has 1 unspecified atom stereocenters. The topological polar surface area (TPSA) is 101 Å². The number of hydrogen-bond acceptors (Lipinski definition) is 4. The maximum atomic E-state index is 11.8. The molecule has 1 rings (SSSR count). The van der Waals surface area contributed by atoms with Crippen molar-refractivity contribution in [3.63, 3.8) is 0 Å². The van der Waals surface area contributed by atoms with Gasteiger partial charge in [-0.25, -0.2) is 0 Å². The standard InChI is InChI=1S/C11H17N3O3/c1-3-9-8(4-5-17-9)11(15)13-6-7(2)10(12)14-16/h4-5,7,16H,3,6H2,1-2H3,(H2,12,14)(H,13,15). The Morgan fingerprint density at radius 1 is 1.71 bits per heavy atom. The van der Waals surface area contributed by atoms with Gasteiger partial charge in [0.1, 0.15) is 11.6 Å². The Morgan fingerprint density at radius 2 is 2.41 bits per heavy atom. The molecular formula is C11H17N3O3. The van der Waals surface area contributed by atoms with E-state index in [4.69, 9.17) is 15.4 Å². The molecule has 0 aromatic carbocycles. The minimum Gasteiger partial charge on any atom is -0.469 e. The summed E-state index contributed by atoms with van der Waals surface area (Å²) in [4.78, 5) is 11.8. The van der Waals surface area contributed by atoms with Gasteiger partial charge in [0.05, 0.1) is 11.8 Å². The molecule has 1 aromatic heterocycles. The number of furan rings is 1. The number of carbonyl (C=O) groups is 1. The molecule has 17 heavy (non-hydrogen) atoms. The van der Waals surface area contributed by atoms with Crippen LogP contribution in [0.5, 0.6) is 0 Å². The van der Waals surface area contributed by atoms with Crippen molar-refractivity contribution in [3.8, 4) is 0 Å². The summed E-state index contributed by atoms with van der Waals surface area (Å²) in [6, 6.07) is 1.63. The van der Waals surface area contributed by atoms with Crippen LogP contribution in [-0.2, 0) is 6.42 Å². The van der Waals surface area contributed by atoms with Gasteiger partial charge in [-0.05, 0) is 6.07 Å². The fourth-order valence-corrected chi connectivity index (χ4v) is 1.36. The third-order valence-corrected chi connectivity index (χ3v) is 2.50. The summed E-state index contributed by atoms with van der Waals surface area (Å²) in [7, 11) is 0. The van der Waals surface area contributed by atoms with E-state index in [2.05, 4.69) is 10.5 Å². The minimum atomic E-state index is -0.221. The van der Waals surface area contributed by atoms with Gasteiger partial charge in [-0.3, -0.25) is 4.79 Å². The van der Waals surface area contributed by atoms with Crippen LogP contribution in [0.1, 0.15) is 30.0 Å². The van der Waals surface area contributed by atoms with Gasteiger partial charge in [0.25, 0.3) is 5.91 Å². The Morgan fingerprint density at radius 3 is 3.00 bits per heavy atom. The predicted octanol–water partition coefficient (Wildman–Crippen LogP) is 0.954. The molecule has 0 fully saturated rings. The van der Waals surface area contributed by atoms with Crippen LogP contribution < -0.4 is 11.1 Å². The molecule has 6 heteroatoms. The Hall–Kier alpha value is -1.98. The van der Waals surface area contributed by atoms with Crippen LogP contribution in [0.15, 0.2) is 21.9 Å². The monoisotopic (exact) mass is 239 g/mol. The van der Waals surface area contributed by atoms with E-state index in [1.165, 1.54) is 6.26 Å². The summed E-state index contributed by atoms with van der Waals surface area (Å²) in [5.41, 5.74) is 5.93. The number of aryl methyl sites for hydroxylation is 1. The van der Waals surface area contributed by atoms with Crippen LogP contribution in [0.3, 0.4) is 0 Å². The van der Waals surface area contributed by atoms with E-state index in [-0.39, 0.29) is 17.7 Å². The maximum absolute atomic E-state index is 11.8. The van der Waals surface area contributed by atoms with E-state index in [0.29, 0.717) is 24.3 Å². The summed E-state index contributed by atoms with van der Waals surface area (Å²) < 4.78 is 5.16. The molecule has 0 aliphatic rings. The number of nitrogens with zero attached hydrogens (tertiary/aromatic N) is 1. The molecule has 0 aliphatic carbocycles. The Bertz CT molecular complexity index is 412. The fourth-order valence-electron chi connectivity index (χ4n) is 1.36. The first-order valence-corrected chi connectivity index (χ1v) is 5.42. The summed E-state index contributed by atoms with van der Waals surface area (Å²) in [6.07, 6.45) is 2.15. The third kappa shape index (κ3) is 3.24. The third-order valence-electron chi connectivity index (χ3n) is 2.50. The van der Waals surface area contributed by atoms with Crippen molar-refractivity contribution in [3.05, 3.63) is 23.7 Å². The quantitative estimate of drug-likeness (QED) is 0.308. The number of oxime groups is 1. The zero-order valence-electron chi connectivity index (χ0n) is 9.93. The van der Waals surface area contributed by atoms with E-state index in [9.17, 15) is 4.79 Å². The number of rotatable bonds is 5. The molecular weight excluding hydrogens is 222 g/mol. The smallest absolute Gasteiger partial charge is 0.254 e. The average molecular weight is 239 g/mol. The van der Waals surface area contributed by atoms with Gasteiger partial charge in [0.15, 0.2) is 0 Å². The molecule has 1 heterocycles. The lowest BCUT2D eigenvalue weighted by molar-refractivity contribution is 0.0949. The number of hydrogen-bond donors (Lipinski definition) is 3. The van der Waals surface area contributed by atoms with Crippen molar-refractivity contribution < 1.29 is 14.4 Å². The van der Waals surface area contributed by atoms with Crippen LogP contribution >= 0.6 is 0 Å². The van der Waals surface area contributed by atoms with Crippen molar-refractivity contribution in [2.45, 2.75) is 20.3 Å². The second kappa shape index (κ2) is 5.93. The van der Waals surface area contributed by atoms with E-state index < -0.39 is 0 Å². The number of amides is 1. The highest BCUT2D eigenvalue weighted by molar-refractivity contribution is 5.95. The highest BCUT2D eigenvalue weighted by Crippen LogP contribution is 2.10. The van der Waals surface area contributed by atoms with Crippen molar-refractivity contribution in [2.24, 2.45) is 16.8 Å². The number of nitrogens with one attached hydrogen (secondary N) is 1. The van der Waals surface area contributed by atoms with E-state index in [1.54, 1.807) is 13.0 Å². The van der Waals surface area contributed by atoms with Gasteiger partial charge >= 0.3 is 0 Å². The molecule has 1 amide bonds. The van der Waals surface area contributed by atoms with Crippen molar-refractivity contribution in [2.75, 3.05) is 6.54 Å². The summed E-state index contributed by atoms with van der Waals surface area (Å²) in [5, 5.41) is 14.1. The van der Waals surface area contributed by atoms with Crippen molar-refractivity contribution in [1.29, 1.82) is 0 Å². The Balaban J connectivity index is 2.56. The fraction of sp³-hybridized carbons (Fsp3) is 0.455. The van der Waals surface area contributed by atoms with Gasteiger partial charge in [0, 0.05) is 18.9 Å². The predicted molar refractivity (Wildman–Crippen MR) is 63.0 cm³/mol. The molecule has 6 nitrogen and oxygen atoms in total. The first-order chi connectivity index (χ1) is 8.10. The average Bonchev–Trinajstić information content (AvgIpc) is 2.82. The van der Waals surface area contributed by atoms with Crippen LogP contribution in [0.4, 0.5) is 0 Å². The molecule has 0 spiro atoms. The summed E-state index contributed by atoms with van der Waals surface area (Å²) in [6.45, 7) is 3.98. The molecule has 1 atom stereocenters. The maximum Gasteiger partial charge on any atom is 0.254 e. The minimum absolute atomic E-state index is 0.0909. The molecule has 0 bridgehead atoms. The van der Waals surface area contributed by atoms with E-state index >= 15 is 0 Å². The second-order valence-electron chi connectivity index (χ2n) is 3.75. The lowest BCUT2D eigenvalue weighted by Crippen LogP contribution is -2.34.